The fourth-order valence-corrected chi connectivity index (χ4v) is 2.56. The van der Waals surface area contributed by atoms with Crippen molar-refractivity contribution in [1.29, 1.82) is 0 Å². The van der Waals surface area contributed by atoms with E-state index < -0.39 is 9.75 Å². The van der Waals surface area contributed by atoms with Crippen molar-refractivity contribution >= 4 is 29.0 Å². The van der Waals surface area contributed by atoms with E-state index in [4.69, 9.17) is 23.2 Å². The van der Waals surface area contributed by atoms with Crippen molar-refractivity contribution in [3.8, 4) is 0 Å². The maximum Gasteiger partial charge on any atom is 0.162 e. The van der Waals surface area contributed by atoms with Gasteiger partial charge in [-0.05, 0) is 18.8 Å². The van der Waals surface area contributed by atoms with Crippen LogP contribution in [0.3, 0.4) is 0 Å². The lowest BCUT2D eigenvalue weighted by Crippen LogP contribution is -2.31. The number of hydrogen-bond donors (Lipinski definition) is 0. The van der Waals surface area contributed by atoms with Crippen molar-refractivity contribution in [1.82, 2.24) is 14.8 Å². The summed E-state index contributed by atoms with van der Waals surface area (Å²) in [7, 11) is 0. The Morgan fingerprint density at radius 2 is 2.17 bits per heavy atom. The third-order valence-corrected chi connectivity index (χ3v) is 4.19. The molecule has 2 rings (SSSR count). The van der Waals surface area contributed by atoms with Crippen LogP contribution in [0.25, 0.3) is 0 Å². The number of aromatic nitrogens is 3. The molecule has 1 heterocycles. The Morgan fingerprint density at radius 1 is 1.56 bits per heavy atom. The number of carbonyl (C=O) groups is 1. The summed E-state index contributed by atoms with van der Waals surface area (Å²) in [5.74, 6) is 0.283. The van der Waals surface area contributed by atoms with Gasteiger partial charge in [0.2, 0.25) is 0 Å². The van der Waals surface area contributed by atoms with Gasteiger partial charge in [0.25, 0.3) is 0 Å². The molecule has 18 heavy (non-hydrogen) atoms. The number of Topliss-reactive ketones (excluding diaryl/α,β-unsaturated/α-hetero) is 1. The van der Waals surface area contributed by atoms with E-state index in [1.165, 1.54) is 6.33 Å². The molecule has 2 atom stereocenters. The Kier molecular flexibility index (Phi) is 3.45. The maximum absolute atomic E-state index is 12.5. The number of ketones is 1. The molecule has 1 saturated carbocycles. The van der Waals surface area contributed by atoms with Gasteiger partial charge in [-0.25, -0.2) is 9.67 Å². The second-order valence-electron chi connectivity index (χ2n) is 5.90. The highest BCUT2D eigenvalue weighted by molar-refractivity contribution is 6.50. The Balaban J connectivity index is 2.17. The molecule has 0 aromatic carbocycles. The minimum absolute atomic E-state index is 0.129. The minimum Gasteiger partial charge on any atom is -0.297 e. The molecule has 1 aromatic rings. The zero-order valence-electron chi connectivity index (χ0n) is 10.7. The fourth-order valence-electron chi connectivity index (χ4n) is 2.01. The summed E-state index contributed by atoms with van der Waals surface area (Å²) in [6.07, 6.45) is 4.36. The second-order valence-corrected chi connectivity index (χ2v) is 7.45. The van der Waals surface area contributed by atoms with Crippen LogP contribution in [0.2, 0.25) is 0 Å². The van der Waals surface area contributed by atoms with E-state index in [9.17, 15) is 4.79 Å². The smallest absolute Gasteiger partial charge is 0.162 e. The molecular weight excluding hydrogens is 273 g/mol. The van der Waals surface area contributed by atoms with Crippen LogP contribution >= 0.6 is 23.2 Å². The highest BCUT2D eigenvalue weighted by atomic mass is 35.5. The Morgan fingerprint density at radius 3 is 2.56 bits per heavy atom. The largest absolute Gasteiger partial charge is 0.297 e. The lowest BCUT2D eigenvalue weighted by Gasteiger charge is -2.24. The van der Waals surface area contributed by atoms with Gasteiger partial charge in [-0.3, -0.25) is 4.79 Å². The van der Waals surface area contributed by atoms with E-state index in [0.29, 0.717) is 6.42 Å². The first kappa shape index (κ1) is 13.8. The van der Waals surface area contributed by atoms with Crippen LogP contribution < -0.4 is 0 Å². The topological polar surface area (TPSA) is 47.8 Å². The van der Waals surface area contributed by atoms with Crippen molar-refractivity contribution in [3.63, 3.8) is 0 Å². The van der Waals surface area contributed by atoms with Gasteiger partial charge in [0.1, 0.15) is 23.0 Å². The minimum atomic E-state index is -0.670. The molecule has 1 aromatic heterocycles. The van der Waals surface area contributed by atoms with E-state index in [2.05, 4.69) is 10.1 Å². The summed E-state index contributed by atoms with van der Waals surface area (Å²) < 4.78 is 0.937. The molecule has 6 heteroatoms. The Bertz CT molecular complexity index is 437. The molecule has 0 saturated heterocycles. The predicted molar refractivity (Wildman–Crippen MR) is 70.7 cm³/mol. The Labute approximate surface area is 117 Å². The third kappa shape index (κ3) is 2.86. The SMILES string of the molecule is CC(C)(C)C(=O)C(CC1CC1(Cl)Cl)n1cncn1. The van der Waals surface area contributed by atoms with Gasteiger partial charge in [-0.15, -0.1) is 23.2 Å². The first-order valence-corrected chi connectivity index (χ1v) is 6.73. The summed E-state index contributed by atoms with van der Waals surface area (Å²) in [6, 6.07) is -0.336. The van der Waals surface area contributed by atoms with Crippen LogP contribution in [0.5, 0.6) is 0 Å². The van der Waals surface area contributed by atoms with E-state index in [0.717, 1.165) is 6.42 Å². The number of halogens is 2. The first-order valence-electron chi connectivity index (χ1n) is 5.98. The van der Waals surface area contributed by atoms with Crippen molar-refractivity contribution in [2.24, 2.45) is 11.3 Å². The summed E-state index contributed by atoms with van der Waals surface area (Å²) in [5.41, 5.74) is -0.424. The quantitative estimate of drug-likeness (QED) is 0.801. The van der Waals surface area contributed by atoms with Crippen LogP contribution in [0.15, 0.2) is 12.7 Å². The number of nitrogens with zero attached hydrogens (tertiary/aromatic N) is 3. The lowest BCUT2D eigenvalue weighted by molar-refractivity contribution is -0.130. The van der Waals surface area contributed by atoms with Crippen LogP contribution in [-0.4, -0.2) is 24.9 Å². The number of rotatable bonds is 4. The Hall–Kier alpha value is -0.610. The van der Waals surface area contributed by atoms with Gasteiger partial charge in [0.05, 0.1) is 0 Å². The molecule has 100 valence electrons. The van der Waals surface area contributed by atoms with E-state index >= 15 is 0 Å². The molecule has 1 fully saturated rings. The zero-order valence-corrected chi connectivity index (χ0v) is 12.2. The predicted octanol–water partition coefficient (Wildman–Crippen LogP) is 3.02. The molecule has 4 nitrogen and oxygen atoms in total. The summed E-state index contributed by atoms with van der Waals surface area (Å²) in [5, 5.41) is 4.08. The molecule has 1 aliphatic carbocycles. The number of alkyl halides is 2. The van der Waals surface area contributed by atoms with Crippen molar-refractivity contribution in [2.45, 2.75) is 44.0 Å². The summed E-state index contributed by atoms with van der Waals surface area (Å²) >= 11 is 12.1. The molecule has 0 aliphatic heterocycles. The first-order chi connectivity index (χ1) is 8.22. The molecule has 0 spiro atoms. The summed E-state index contributed by atoms with van der Waals surface area (Å²) in [4.78, 5) is 16.4. The van der Waals surface area contributed by atoms with E-state index in [1.54, 1.807) is 11.0 Å². The van der Waals surface area contributed by atoms with Crippen molar-refractivity contribution < 1.29 is 4.79 Å². The van der Waals surface area contributed by atoms with Crippen LogP contribution in [0, 0.1) is 11.3 Å². The molecule has 0 bridgehead atoms. The van der Waals surface area contributed by atoms with Crippen LogP contribution in [0.4, 0.5) is 0 Å². The second kappa shape index (κ2) is 4.49. The van der Waals surface area contributed by atoms with Crippen molar-refractivity contribution in [2.75, 3.05) is 0 Å². The average molecular weight is 290 g/mol. The molecular formula is C12H17Cl2N3O. The standard InChI is InChI=1S/C12H17Cl2N3O/c1-11(2,3)10(18)9(17-7-15-6-16-17)4-8-5-12(8,13)14/h6-9H,4-5H2,1-3H3. The monoisotopic (exact) mass is 289 g/mol. The normalized spacial score (nSPS) is 23.7. The van der Waals surface area contributed by atoms with Gasteiger partial charge in [0.15, 0.2) is 5.78 Å². The molecule has 0 N–H and O–H groups in total. The highest BCUT2D eigenvalue weighted by Crippen LogP contribution is 2.56. The maximum atomic E-state index is 12.5. The summed E-state index contributed by atoms with van der Waals surface area (Å²) in [6.45, 7) is 5.71. The molecule has 0 amide bonds. The van der Waals surface area contributed by atoms with Gasteiger partial charge < -0.3 is 0 Å². The number of hydrogen-bond acceptors (Lipinski definition) is 3. The van der Waals surface area contributed by atoms with Crippen molar-refractivity contribution in [3.05, 3.63) is 12.7 Å². The number of carbonyl (C=O) groups excluding carboxylic acids is 1. The van der Waals surface area contributed by atoms with Gasteiger partial charge >= 0.3 is 0 Å². The highest BCUT2D eigenvalue weighted by Gasteiger charge is 2.53. The van der Waals surface area contributed by atoms with E-state index in [-0.39, 0.29) is 17.7 Å². The molecule has 1 aliphatic rings. The van der Waals surface area contributed by atoms with Gasteiger partial charge in [0, 0.05) is 5.41 Å². The van der Waals surface area contributed by atoms with Gasteiger partial charge in [-0.1, -0.05) is 20.8 Å². The average Bonchev–Trinajstić information content (AvgIpc) is 2.69. The van der Waals surface area contributed by atoms with Gasteiger partial charge in [-0.2, -0.15) is 5.10 Å². The van der Waals surface area contributed by atoms with E-state index in [1.807, 2.05) is 20.8 Å². The van der Waals surface area contributed by atoms with Crippen LogP contribution in [0.1, 0.15) is 39.7 Å². The molecule has 2 unspecified atom stereocenters. The lowest BCUT2D eigenvalue weighted by atomic mass is 9.84. The van der Waals surface area contributed by atoms with Crippen LogP contribution in [-0.2, 0) is 4.79 Å². The fraction of sp³-hybridized carbons (Fsp3) is 0.750. The third-order valence-electron chi connectivity index (χ3n) is 3.26. The zero-order chi connectivity index (χ0) is 13.6. The molecule has 0 radical (unpaired) electrons.